The van der Waals surface area contributed by atoms with Crippen LogP contribution < -0.4 is 16.0 Å². The Balaban J connectivity index is 1.32. The summed E-state index contributed by atoms with van der Waals surface area (Å²) in [5, 5.41) is 8.47. The van der Waals surface area contributed by atoms with Crippen LogP contribution in [0.1, 0.15) is 11.3 Å². The van der Waals surface area contributed by atoms with E-state index in [0.717, 1.165) is 25.8 Å². The van der Waals surface area contributed by atoms with E-state index in [0.29, 0.717) is 18.0 Å². The van der Waals surface area contributed by atoms with Crippen molar-refractivity contribution in [3.05, 3.63) is 72.2 Å². The van der Waals surface area contributed by atoms with Gasteiger partial charge in [-0.05, 0) is 55.0 Å². The molecule has 158 valence electrons. The summed E-state index contributed by atoms with van der Waals surface area (Å²) >= 11 is 2.86. The van der Waals surface area contributed by atoms with E-state index in [1.54, 1.807) is 12.3 Å². The lowest BCUT2D eigenvalue weighted by Crippen LogP contribution is -2.24. The summed E-state index contributed by atoms with van der Waals surface area (Å²) in [6, 6.07) is 16.4. The second-order valence-electron chi connectivity index (χ2n) is 6.76. The molecule has 0 aliphatic carbocycles. The first-order valence-corrected chi connectivity index (χ1v) is 11.3. The summed E-state index contributed by atoms with van der Waals surface area (Å²) in [6.07, 6.45) is 1.58. The highest BCUT2D eigenvalue weighted by Crippen LogP contribution is 2.31. The summed E-state index contributed by atoms with van der Waals surface area (Å²) < 4.78 is 6.93. The van der Waals surface area contributed by atoms with Gasteiger partial charge in [-0.2, -0.15) is 0 Å². The van der Waals surface area contributed by atoms with E-state index in [-0.39, 0.29) is 17.7 Å². The molecule has 0 unspecified atom stereocenters. The number of hydrogen-bond donors (Lipinski definition) is 3. The van der Waals surface area contributed by atoms with Gasteiger partial charge in [0.25, 0.3) is 0 Å². The van der Waals surface area contributed by atoms with Crippen molar-refractivity contribution in [2.75, 3.05) is 16.4 Å². The second-order valence-corrected chi connectivity index (χ2v) is 9.01. The van der Waals surface area contributed by atoms with Crippen LogP contribution >= 0.6 is 23.1 Å². The number of aromatic nitrogens is 1. The number of nitrogens with zero attached hydrogens (tertiary/aromatic N) is 1. The van der Waals surface area contributed by atoms with Crippen LogP contribution in [0.4, 0.5) is 16.2 Å². The number of hydrogen-bond acceptors (Lipinski definition) is 6. The largest absolute Gasteiger partial charge is 0.467 e. The molecule has 0 saturated carbocycles. The molecule has 7 nitrogen and oxygen atoms in total. The van der Waals surface area contributed by atoms with E-state index in [1.165, 1.54) is 23.1 Å². The molecule has 31 heavy (non-hydrogen) atoms. The van der Waals surface area contributed by atoms with Crippen LogP contribution in [0.25, 0.3) is 10.2 Å². The highest BCUT2D eigenvalue weighted by molar-refractivity contribution is 8.01. The quantitative estimate of drug-likeness (QED) is 0.333. The molecule has 9 heteroatoms. The third-order valence-corrected chi connectivity index (χ3v) is 6.43. The Hall–Kier alpha value is -3.30. The van der Waals surface area contributed by atoms with Gasteiger partial charge >= 0.3 is 6.03 Å². The fraction of sp³-hybridized carbons (Fsp3) is 0.136. The smallest absolute Gasteiger partial charge is 0.323 e. The van der Waals surface area contributed by atoms with Crippen molar-refractivity contribution in [2.45, 2.75) is 17.8 Å². The molecular formula is C22H20N4O3S2. The van der Waals surface area contributed by atoms with Crippen molar-refractivity contribution in [3.8, 4) is 0 Å². The SMILES string of the molecule is Cc1cccc(NC(=O)Nc2ccc3nc(SCC(=O)NCc4ccco4)sc3c2)c1. The van der Waals surface area contributed by atoms with Gasteiger partial charge in [0.2, 0.25) is 5.91 Å². The monoisotopic (exact) mass is 452 g/mol. The van der Waals surface area contributed by atoms with Crippen LogP contribution in [-0.4, -0.2) is 22.7 Å². The summed E-state index contributed by atoms with van der Waals surface area (Å²) in [5.74, 6) is 0.894. The van der Waals surface area contributed by atoms with Crippen LogP contribution in [0.5, 0.6) is 0 Å². The first kappa shape index (κ1) is 21.0. The maximum Gasteiger partial charge on any atom is 0.323 e. The van der Waals surface area contributed by atoms with E-state index in [4.69, 9.17) is 4.42 Å². The molecule has 2 heterocycles. The lowest BCUT2D eigenvalue weighted by Gasteiger charge is -2.08. The van der Waals surface area contributed by atoms with Gasteiger partial charge in [-0.3, -0.25) is 4.79 Å². The van der Waals surface area contributed by atoms with E-state index < -0.39 is 0 Å². The lowest BCUT2D eigenvalue weighted by molar-refractivity contribution is -0.118. The maximum absolute atomic E-state index is 12.3. The molecule has 0 spiro atoms. The number of urea groups is 1. The number of thioether (sulfide) groups is 1. The average Bonchev–Trinajstić information content (AvgIpc) is 3.40. The molecule has 4 rings (SSSR count). The number of thiazole rings is 1. The predicted molar refractivity (Wildman–Crippen MR) is 125 cm³/mol. The van der Waals surface area contributed by atoms with Gasteiger partial charge in [0.05, 0.1) is 28.8 Å². The minimum absolute atomic E-state index is 0.0872. The molecule has 0 aliphatic rings. The average molecular weight is 453 g/mol. The van der Waals surface area contributed by atoms with Crippen LogP contribution in [0.2, 0.25) is 0 Å². The number of furan rings is 1. The first-order chi connectivity index (χ1) is 15.0. The van der Waals surface area contributed by atoms with Gasteiger partial charge in [-0.25, -0.2) is 9.78 Å². The van der Waals surface area contributed by atoms with Crippen LogP contribution in [0, 0.1) is 6.92 Å². The number of rotatable bonds is 7. The number of amides is 3. The molecule has 0 fully saturated rings. The first-order valence-electron chi connectivity index (χ1n) is 9.52. The standard InChI is InChI=1S/C22H20N4O3S2/c1-14-4-2-5-15(10-14)24-21(28)25-16-7-8-18-19(11-16)31-22(26-18)30-13-20(27)23-12-17-6-3-9-29-17/h2-11H,12-13H2,1H3,(H,23,27)(H2,24,25,28). The summed E-state index contributed by atoms with van der Waals surface area (Å²) in [7, 11) is 0. The molecule has 3 N–H and O–H groups in total. The third kappa shape index (κ3) is 5.87. The molecule has 0 bridgehead atoms. The van der Waals surface area contributed by atoms with Crippen LogP contribution in [-0.2, 0) is 11.3 Å². The van der Waals surface area contributed by atoms with E-state index in [9.17, 15) is 9.59 Å². The van der Waals surface area contributed by atoms with Crippen molar-refractivity contribution in [1.82, 2.24) is 10.3 Å². The van der Waals surface area contributed by atoms with Crippen molar-refractivity contribution < 1.29 is 14.0 Å². The van der Waals surface area contributed by atoms with Crippen molar-refractivity contribution in [1.29, 1.82) is 0 Å². The minimum atomic E-state index is -0.308. The molecule has 2 aromatic carbocycles. The molecular weight excluding hydrogens is 432 g/mol. The molecule has 0 saturated heterocycles. The number of carbonyl (C=O) groups excluding carboxylic acids is 2. The third-order valence-electron chi connectivity index (χ3n) is 4.27. The number of carbonyl (C=O) groups is 2. The molecule has 2 aromatic heterocycles. The number of aryl methyl sites for hydroxylation is 1. The Morgan fingerprint density at radius 1 is 1.06 bits per heavy atom. The molecule has 0 radical (unpaired) electrons. The van der Waals surface area contributed by atoms with E-state index in [1.807, 2.05) is 55.5 Å². The second kappa shape index (κ2) is 9.67. The van der Waals surface area contributed by atoms with Gasteiger partial charge in [0.1, 0.15) is 5.76 Å². The molecule has 0 atom stereocenters. The predicted octanol–water partition coefficient (Wildman–Crippen LogP) is 5.25. The van der Waals surface area contributed by atoms with Gasteiger partial charge in [0.15, 0.2) is 4.34 Å². The van der Waals surface area contributed by atoms with Crippen LogP contribution in [0.3, 0.4) is 0 Å². The fourth-order valence-electron chi connectivity index (χ4n) is 2.84. The Kier molecular flexibility index (Phi) is 6.54. The zero-order valence-corrected chi connectivity index (χ0v) is 18.3. The number of fused-ring (bicyclic) bond motifs is 1. The summed E-state index contributed by atoms with van der Waals surface area (Å²) in [4.78, 5) is 28.8. The normalized spacial score (nSPS) is 10.7. The van der Waals surface area contributed by atoms with Crippen molar-refractivity contribution in [3.63, 3.8) is 0 Å². The van der Waals surface area contributed by atoms with Gasteiger partial charge < -0.3 is 20.4 Å². The number of anilines is 2. The molecule has 4 aromatic rings. The van der Waals surface area contributed by atoms with E-state index >= 15 is 0 Å². The van der Waals surface area contributed by atoms with Gasteiger partial charge in [-0.1, -0.05) is 23.9 Å². The summed E-state index contributed by atoms with van der Waals surface area (Å²) in [6.45, 7) is 2.34. The van der Waals surface area contributed by atoms with Crippen molar-refractivity contribution in [2.24, 2.45) is 0 Å². The summed E-state index contributed by atoms with van der Waals surface area (Å²) in [5.41, 5.74) is 3.31. The highest BCUT2D eigenvalue weighted by atomic mass is 32.2. The zero-order chi connectivity index (χ0) is 21.6. The topological polar surface area (TPSA) is 96.3 Å². The maximum atomic E-state index is 12.3. The molecule has 0 aliphatic heterocycles. The Labute approximate surface area is 187 Å². The fourth-order valence-corrected chi connectivity index (χ4v) is 4.77. The Morgan fingerprint density at radius 2 is 1.90 bits per heavy atom. The van der Waals surface area contributed by atoms with Crippen molar-refractivity contribution >= 4 is 56.6 Å². The Bertz CT molecular complexity index is 1200. The molecule has 3 amide bonds. The van der Waals surface area contributed by atoms with Gasteiger partial charge in [0, 0.05) is 11.4 Å². The Morgan fingerprint density at radius 3 is 2.68 bits per heavy atom. The minimum Gasteiger partial charge on any atom is -0.467 e. The van der Waals surface area contributed by atoms with Crippen LogP contribution in [0.15, 0.2) is 69.6 Å². The lowest BCUT2D eigenvalue weighted by atomic mass is 10.2. The number of benzene rings is 2. The van der Waals surface area contributed by atoms with Gasteiger partial charge in [-0.15, -0.1) is 11.3 Å². The zero-order valence-electron chi connectivity index (χ0n) is 16.7. The number of nitrogens with one attached hydrogen (secondary N) is 3. The van der Waals surface area contributed by atoms with E-state index in [2.05, 4.69) is 20.9 Å². The highest BCUT2D eigenvalue weighted by Gasteiger charge is 2.10.